The summed E-state index contributed by atoms with van der Waals surface area (Å²) in [5.41, 5.74) is 0. The molecule has 3 N–H and O–H groups in total. The molecule has 0 atom stereocenters. The first-order valence-corrected chi connectivity index (χ1v) is 2.81. The van der Waals surface area contributed by atoms with Crippen molar-refractivity contribution in [3.63, 3.8) is 0 Å². The quantitative estimate of drug-likeness (QED) is 0.306. The molecule has 0 aromatic heterocycles. The predicted molar refractivity (Wildman–Crippen MR) is 33.2 cm³/mol. The SMILES string of the molecule is COC[NH+](C[OH2+])COC.[I-]. The Morgan fingerprint density at radius 3 is 1.80 bits per heavy atom. The minimum Gasteiger partial charge on any atom is -1.00 e. The number of halogens is 1. The first-order chi connectivity index (χ1) is 4.35. The van der Waals surface area contributed by atoms with Crippen LogP contribution >= 0.6 is 0 Å². The highest BCUT2D eigenvalue weighted by molar-refractivity contribution is 3.96. The van der Waals surface area contributed by atoms with Crippen molar-refractivity contribution in [3.8, 4) is 0 Å². The molecule has 0 radical (unpaired) electrons. The Labute approximate surface area is 78.1 Å². The topological polar surface area (TPSA) is 45.8 Å². The van der Waals surface area contributed by atoms with Crippen molar-refractivity contribution >= 4 is 0 Å². The van der Waals surface area contributed by atoms with E-state index in [1.54, 1.807) is 14.2 Å². The Kier molecular flexibility index (Phi) is 12.6. The summed E-state index contributed by atoms with van der Waals surface area (Å²) in [5, 5.41) is 6.97. The predicted octanol–water partition coefficient (Wildman–Crippen LogP) is -5.23. The van der Waals surface area contributed by atoms with Crippen LogP contribution in [-0.4, -0.2) is 39.5 Å². The average Bonchev–Trinajstić information content (AvgIpc) is 1.88. The zero-order chi connectivity index (χ0) is 7.11. The van der Waals surface area contributed by atoms with E-state index in [0.717, 1.165) is 4.90 Å². The van der Waals surface area contributed by atoms with E-state index < -0.39 is 0 Å². The minimum atomic E-state index is 0. The molecular weight excluding hydrogens is 249 g/mol. The van der Waals surface area contributed by atoms with Crippen molar-refractivity contribution in [2.75, 3.05) is 34.4 Å². The lowest BCUT2D eigenvalue weighted by Crippen LogP contribution is -3.12. The van der Waals surface area contributed by atoms with E-state index in [2.05, 4.69) is 0 Å². The van der Waals surface area contributed by atoms with Crippen LogP contribution in [0.4, 0.5) is 0 Å². The maximum absolute atomic E-state index is 6.97. The Morgan fingerprint density at radius 1 is 1.20 bits per heavy atom. The number of nitrogens with one attached hydrogen (secondary N) is 1. The van der Waals surface area contributed by atoms with Crippen LogP contribution in [0.2, 0.25) is 0 Å². The maximum atomic E-state index is 6.97. The molecule has 0 heterocycles. The molecule has 0 aliphatic rings. The van der Waals surface area contributed by atoms with E-state index in [-0.39, 0.29) is 24.0 Å². The largest absolute Gasteiger partial charge is 1.00 e. The lowest BCUT2D eigenvalue weighted by molar-refractivity contribution is -0.954. The number of hydrogen-bond donors (Lipinski definition) is 1. The number of hydrogen-bond acceptors (Lipinski definition) is 2. The molecule has 0 aromatic rings. The normalized spacial score (nSPS) is 9.60. The second-order valence-corrected chi connectivity index (χ2v) is 1.79. The highest BCUT2D eigenvalue weighted by Crippen LogP contribution is 1.54. The Bertz CT molecular complexity index is 58.9. The van der Waals surface area contributed by atoms with Crippen LogP contribution in [0.25, 0.3) is 0 Å². The van der Waals surface area contributed by atoms with E-state index >= 15 is 0 Å². The summed E-state index contributed by atoms with van der Waals surface area (Å²) >= 11 is 0. The number of methoxy groups -OCH3 is 2. The van der Waals surface area contributed by atoms with Crippen LogP contribution in [0, 0.1) is 0 Å². The summed E-state index contributed by atoms with van der Waals surface area (Å²) in [6.45, 7) is 1.37. The van der Waals surface area contributed by atoms with Crippen LogP contribution in [-0.2, 0) is 9.47 Å². The van der Waals surface area contributed by atoms with Gasteiger partial charge in [-0.3, -0.25) is 0 Å². The van der Waals surface area contributed by atoms with Crippen molar-refractivity contribution in [1.29, 1.82) is 0 Å². The highest BCUT2D eigenvalue weighted by atomic mass is 127. The minimum absolute atomic E-state index is 0. The zero-order valence-electron chi connectivity index (χ0n) is 6.32. The van der Waals surface area contributed by atoms with Crippen molar-refractivity contribution in [2.45, 2.75) is 0 Å². The molecule has 5 heteroatoms. The lowest BCUT2D eigenvalue weighted by atomic mass is 10.8. The van der Waals surface area contributed by atoms with Gasteiger partial charge in [-0.25, -0.2) is 4.90 Å². The van der Waals surface area contributed by atoms with Gasteiger partial charge in [0.1, 0.15) is 0 Å². The Morgan fingerprint density at radius 2 is 1.60 bits per heavy atom. The van der Waals surface area contributed by atoms with E-state index in [0.29, 0.717) is 20.2 Å². The average molecular weight is 264 g/mol. The van der Waals surface area contributed by atoms with Gasteiger partial charge in [-0.05, 0) is 0 Å². The summed E-state index contributed by atoms with van der Waals surface area (Å²) in [6.07, 6.45) is 0. The smallest absolute Gasteiger partial charge is 0.277 e. The molecule has 10 heavy (non-hydrogen) atoms. The van der Waals surface area contributed by atoms with Crippen LogP contribution in [0.5, 0.6) is 0 Å². The fourth-order valence-corrected chi connectivity index (χ4v) is 0.552. The summed E-state index contributed by atoms with van der Waals surface area (Å²) < 4.78 is 9.62. The van der Waals surface area contributed by atoms with Gasteiger partial charge in [-0.15, -0.1) is 0 Å². The Balaban J connectivity index is 0. The summed E-state index contributed by atoms with van der Waals surface area (Å²) in [4.78, 5) is 0.972. The summed E-state index contributed by atoms with van der Waals surface area (Å²) in [6, 6.07) is 0. The first kappa shape index (κ1) is 13.2. The molecular formula is C5H15INO3+. The standard InChI is InChI=1S/C5H13NO3.HI/c1-8-4-6(3-7)5-9-2;/h7H,3-5H2,1-2H3;1H/p+1. The maximum Gasteiger partial charge on any atom is 0.277 e. The molecule has 0 aromatic carbocycles. The van der Waals surface area contributed by atoms with Crippen LogP contribution in [0.3, 0.4) is 0 Å². The molecule has 0 fully saturated rings. The van der Waals surface area contributed by atoms with Gasteiger partial charge in [0, 0.05) is 14.2 Å². The number of ether oxygens (including phenoxy) is 2. The molecule has 0 amide bonds. The van der Waals surface area contributed by atoms with Gasteiger partial charge in [-0.2, -0.15) is 0 Å². The third kappa shape index (κ3) is 6.69. The van der Waals surface area contributed by atoms with Gasteiger partial charge in [0.15, 0.2) is 13.5 Å². The van der Waals surface area contributed by atoms with Gasteiger partial charge >= 0.3 is 0 Å². The van der Waals surface area contributed by atoms with Crippen molar-refractivity contribution in [3.05, 3.63) is 0 Å². The van der Waals surface area contributed by atoms with E-state index in [9.17, 15) is 0 Å². The molecule has 64 valence electrons. The molecule has 4 nitrogen and oxygen atoms in total. The third-order valence-electron chi connectivity index (χ3n) is 0.947. The van der Waals surface area contributed by atoms with Crippen molar-refractivity contribution < 1.29 is 43.5 Å². The fraction of sp³-hybridized carbons (Fsp3) is 1.00. The molecule has 0 aliphatic carbocycles. The monoisotopic (exact) mass is 264 g/mol. The number of rotatable bonds is 5. The van der Waals surface area contributed by atoms with Gasteiger partial charge < -0.3 is 38.6 Å². The number of quaternary nitrogens is 1. The third-order valence-corrected chi connectivity index (χ3v) is 0.947. The lowest BCUT2D eigenvalue weighted by Gasteiger charge is -2.10. The molecule has 0 aliphatic heterocycles. The van der Waals surface area contributed by atoms with E-state index in [1.165, 1.54) is 0 Å². The van der Waals surface area contributed by atoms with Crippen LogP contribution < -0.4 is 28.9 Å². The van der Waals surface area contributed by atoms with Gasteiger partial charge in [0.2, 0.25) is 0 Å². The van der Waals surface area contributed by atoms with Crippen LogP contribution in [0.15, 0.2) is 0 Å². The second-order valence-electron chi connectivity index (χ2n) is 1.79. The first-order valence-electron chi connectivity index (χ1n) is 2.81. The van der Waals surface area contributed by atoms with E-state index in [4.69, 9.17) is 14.6 Å². The van der Waals surface area contributed by atoms with Crippen molar-refractivity contribution in [2.24, 2.45) is 0 Å². The second kappa shape index (κ2) is 9.57. The summed E-state index contributed by atoms with van der Waals surface area (Å²) in [7, 11) is 3.23. The molecule has 0 rings (SSSR count). The highest BCUT2D eigenvalue weighted by Gasteiger charge is 2.04. The zero-order valence-corrected chi connectivity index (χ0v) is 8.47. The fourth-order valence-electron chi connectivity index (χ4n) is 0.552. The van der Waals surface area contributed by atoms with Crippen LogP contribution in [0.1, 0.15) is 0 Å². The molecule has 0 spiro atoms. The summed E-state index contributed by atoms with van der Waals surface area (Å²) in [5.74, 6) is 0. The van der Waals surface area contributed by atoms with Gasteiger partial charge in [0.05, 0.1) is 0 Å². The molecule has 0 unspecified atom stereocenters. The Hall–Kier alpha value is 0.570. The molecule has 0 saturated heterocycles. The molecule has 0 saturated carbocycles. The molecule has 0 bridgehead atoms. The van der Waals surface area contributed by atoms with Gasteiger partial charge in [0.25, 0.3) is 6.73 Å². The van der Waals surface area contributed by atoms with Crippen molar-refractivity contribution in [1.82, 2.24) is 0 Å². The van der Waals surface area contributed by atoms with Gasteiger partial charge in [-0.1, -0.05) is 0 Å². The van der Waals surface area contributed by atoms with E-state index in [1.807, 2.05) is 0 Å².